The molecule has 3 heterocycles. The molecule has 2 aliphatic rings. The van der Waals surface area contributed by atoms with E-state index < -0.39 is 53.0 Å². The van der Waals surface area contributed by atoms with E-state index in [1.165, 1.54) is 18.1 Å². The third-order valence-corrected chi connectivity index (χ3v) is 7.25. The molecule has 1 saturated heterocycles. The highest BCUT2D eigenvalue weighted by molar-refractivity contribution is 5.91. The van der Waals surface area contributed by atoms with Gasteiger partial charge in [-0.25, -0.2) is 14.6 Å². The maximum absolute atomic E-state index is 13.7. The van der Waals surface area contributed by atoms with Crippen LogP contribution in [0.1, 0.15) is 63.8 Å². The molecule has 0 radical (unpaired) electrons. The summed E-state index contributed by atoms with van der Waals surface area (Å²) in [6.45, 7) is 8.44. The van der Waals surface area contributed by atoms with Gasteiger partial charge in [0.25, 0.3) is 0 Å². The number of aryl methyl sites for hydroxylation is 2. The van der Waals surface area contributed by atoms with E-state index in [9.17, 15) is 27.6 Å². The molecule has 3 atom stereocenters. The number of hydrogen-bond donors (Lipinski definition) is 1. The summed E-state index contributed by atoms with van der Waals surface area (Å²) < 4.78 is 57.7. The third kappa shape index (κ3) is 5.66. The van der Waals surface area contributed by atoms with E-state index >= 15 is 0 Å². The minimum atomic E-state index is -4.56. The summed E-state index contributed by atoms with van der Waals surface area (Å²) in [5.74, 6) is -0.761. The van der Waals surface area contributed by atoms with Gasteiger partial charge >= 0.3 is 18.2 Å². The molecule has 1 spiro atoms. The van der Waals surface area contributed by atoms with Gasteiger partial charge in [-0.1, -0.05) is 19.1 Å². The van der Waals surface area contributed by atoms with Crippen LogP contribution in [0.4, 0.5) is 18.0 Å². The highest BCUT2D eigenvalue weighted by Crippen LogP contribution is 2.46. The average Bonchev–Trinajstić information content (AvgIpc) is 3.23. The molecule has 12 heteroatoms. The van der Waals surface area contributed by atoms with Gasteiger partial charge in [-0.3, -0.25) is 4.79 Å². The largest absolute Gasteiger partial charge is 0.483 e. The number of carbonyl (C=O) groups excluding carboxylic acids is 3. The van der Waals surface area contributed by atoms with Gasteiger partial charge in [0.15, 0.2) is 0 Å². The van der Waals surface area contributed by atoms with Crippen molar-refractivity contribution in [2.45, 2.75) is 89.8 Å². The molecule has 218 valence electrons. The van der Waals surface area contributed by atoms with Crippen LogP contribution in [0, 0.1) is 6.92 Å². The number of nitrogens with one attached hydrogen (secondary N) is 1. The molecule has 0 unspecified atom stereocenters. The van der Waals surface area contributed by atoms with Gasteiger partial charge in [-0.15, -0.1) is 0 Å². The fourth-order valence-corrected chi connectivity index (χ4v) is 5.47. The molecular formula is C28H34F3N3O6. The van der Waals surface area contributed by atoms with Crippen molar-refractivity contribution in [3.63, 3.8) is 0 Å². The molecule has 2 aliphatic heterocycles. The smallest absolute Gasteiger partial charge is 0.418 e. The number of amides is 2. The van der Waals surface area contributed by atoms with Crippen LogP contribution in [0.5, 0.6) is 5.75 Å². The minimum absolute atomic E-state index is 0.0254. The number of fused-ring (bicyclic) bond motifs is 3. The predicted molar refractivity (Wildman–Crippen MR) is 139 cm³/mol. The van der Waals surface area contributed by atoms with Crippen LogP contribution in [-0.2, 0) is 31.7 Å². The van der Waals surface area contributed by atoms with Crippen LogP contribution in [0.3, 0.4) is 0 Å². The molecule has 1 fully saturated rings. The van der Waals surface area contributed by atoms with Crippen molar-refractivity contribution in [1.82, 2.24) is 15.2 Å². The van der Waals surface area contributed by atoms with Crippen LogP contribution < -0.4 is 10.1 Å². The number of benzene rings is 1. The zero-order chi connectivity index (χ0) is 29.6. The SMILES string of the molecule is CC[C@H](NC(=O)OC(C)(C)C)C(=O)N1C[C@@]2(CCc3c(c(C)nc4c(C(F)(F)F)cccc34)O2)C[C@H]1C(=O)OC. The second-order valence-corrected chi connectivity index (χ2v) is 11.3. The minimum Gasteiger partial charge on any atom is -0.483 e. The van der Waals surface area contributed by atoms with Crippen molar-refractivity contribution in [3.05, 3.63) is 35.0 Å². The normalized spacial score (nSPS) is 21.5. The standard InChI is InChI=1S/C28H34F3N3O6/c1-7-19(33-25(37)40-26(3,4)5)23(35)34-14-27(13-20(34)24(36)38-6)12-11-17-16-9-8-10-18(28(29,30)31)21(16)32-15(2)22(17)39-27/h8-10,19-20H,7,11-14H2,1-6H3,(H,33,37)/t19-,20-,27+/m0/s1. The Morgan fingerprint density at radius 2 is 1.95 bits per heavy atom. The Hall–Kier alpha value is -3.57. The highest BCUT2D eigenvalue weighted by Gasteiger charge is 2.53. The van der Waals surface area contributed by atoms with Crippen LogP contribution in [0.15, 0.2) is 18.2 Å². The Balaban J connectivity index is 1.65. The summed E-state index contributed by atoms with van der Waals surface area (Å²) in [6, 6.07) is 2.01. The lowest BCUT2D eigenvalue weighted by molar-refractivity contribution is -0.151. The molecule has 2 amide bonds. The monoisotopic (exact) mass is 565 g/mol. The Morgan fingerprint density at radius 1 is 1.25 bits per heavy atom. The summed E-state index contributed by atoms with van der Waals surface area (Å²) >= 11 is 0. The van der Waals surface area contributed by atoms with Crippen LogP contribution >= 0.6 is 0 Å². The van der Waals surface area contributed by atoms with Crippen molar-refractivity contribution in [2.75, 3.05) is 13.7 Å². The number of pyridine rings is 1. The van der Waals surface area contributed by atoms with Gasteiger partial charge < -0.3 is 24.4 Å². The Bertz CT molecular complexity index is 1340. The summed E-state index contributed by atoms with van der Waals surface area (Å²) in [4.78, 5) is 44.4. The van der Waals surface area contributed by atoms with E-state index in [0.717, 1.165) is 6.07 Å². The van der Waals surface area contributed by atoms with Crippen molar-refractivity contribution in [3.8, 4) is 5.75 Å². The number of alkyl halides is 3. The van der Waals surface area contributed by atoms with Crippen molar-refractivity contribution >= 4 is 28.9 Å². The number of halogens is 3. The fraction of sp³-hybridized carbons (Fsp3) is 0.571. The summed E-state index contributed by atoms with van der Waals surface area (Å²) in [5, 5.41) is 2.94. The molecule has 40 heavy (non-hydrogen) atoms. The number of para-hydroxylation sites is 1. The molecule has 9 nitrogen and oxygen atoms in total. The fourth-order valence-electron chi connectivity index (χ4n) is 5.47. The first kappa shape index (κ1) is 29.4. The first-order chi connectivity index (χ1) is 18.6. The summed E-state index contributed by atoms with van der Waals surface area (Å²) in [7, 11) is 1.22. The van der Waals surface area contributed by atoms with E-state index in [-0.39, 0.29) is 30.6 Å². The summed E-state index contributed by atoms with van der Waals surface area (Å²) in [6.07, 6.45) is -4.25. The van der Waals surface area contributed by atoms with Gasteiger partial charge in [0.1, 0.15) is 29.0 Å². The van der Waals surface area contributed by atoms with Gasteiger partial charge in [-0.2, -0.15) is 13.2 Å². The zero-order valence-electron chi connectivity index (χ0n) is 23.4. The highest BCUT2D eigenvalue weighted by atomic mass is 19.4. The van der Waals surface area contributed by atoms with E-state index in [1.807, 2.05) is 0 Å². The van der Waals surface area contributed by atoms with E-state index in [4.69, 9.17) is 14.2 Å². The lowest BCUT2D eigenvalue weighted by Gasteiger charge is -2.37. The van der Waals surface area contributed by atoms with Crippen molar-refractivity contribution in [2.24, 2.45) is 0 Å². The van der Waals surface area contributed by atoms with Crippen LogP contribution in [-0.4, -0.2) is 64.8 Å². The van der Waals surface area contributed by atoms with Gasteiger partial charge in [0.05, 0.1) is 30.4 Å². The van der Waals surface area contributed by atoms with E-state index in [1.54, 1.807) is 40.7 Å². The molecule has 0 aliphatic carbocycles. The maximum Gasteiger partial charge on any atom is 0.418 e. The average molecular weight is 566 g/mol. The second-order valence-electron chi connectivity index (χ2n) is 11.3. The maximum atomic E-state index is 13.7. The number of methoxy groups -OCH3 is 1. The van der Waals surface area contributed by atoms with Crippen molar-refractivity contribution < 1.29 is 41.8 Å². The Morgan fingerprint density at radius 3 is 2.55 bits per heavy atom. The molecule has 1 N–H and O–H groups in total. The molecule has 1 aromatic carbocycles. The number of alkyl carbamates (subject to hydrolysis) is 1. The number of nitrogens with zero attached hydrogens (tertiary/aromatic N) is 2. The molecule has 1 aromatic heterocycles. The topological polar surface area (TPSA) is 107 Å². The first-order valence-electron chi connectivity index (χ1n) is 13.2. The first-order valence-corrected chi connectivity index (χ1v) is 13.2. The van der Waals surface area contributed by atoms with Crippen molar-refractivity contribution in [1.29, 1.82) is 0 Å². The number of likely N-dealkylation sites (tertiary alicyclic amines) is 1. The number of rotatable bonds is 4. The quantitative estimate of drug-likeness (QED) is 0.536. The Labute approximate surface area is 230 Å². The number of hydrogen-bond acceptors (Lipinski definition) is 7. The number of ether oxygens (including phenoxy) is 3. The van der Waals surface area contributed by atoms with E-state index in [2.05, 4.69) is 10.3 Å². The number of esters is 1. The van der Waals surface area contributed by atoms with E-state index in [0.29, 0.717) is 29.5 Å². The summed E-state index contributed by atoms with van der Waals surface area (Å²) in [5.41, 5.74) is -1.82. The second kappa shape index (κ2) is 10.4. The number of carbonyl (C=O) groups is 3. The predicted octanol–water partition coefficient (Wildman–Crippen LogP) is 4.70. The van der Waals surface area contributed by atoms with Gasteiger partial charge in [0, 0.05) is 17.4 Å². The number of aromatic nitrogens is 1. The van der Waals surface area contributed by atoms with Crippen LogP contribution in [0.2, 0.25) is 0 Å². The Kier molecular flexibility index (Phi) is 7.68. The van der Waals surface area contributed by atoms with Crippen LogP contribution in [0.25, 0.3) is 10.9 Å². The van der Waals surface area contributed by atoms with Gasteiger partial charge in [-0.05, 0) is 53.0 Å². The molecule has 0 saturated carbocycles. The molecule has 0 bridgehead atoms. The molecule has 4 rings (SSSR count). The molecular weight excluding hydrogens is 531 g/mol. The lowest BCUT2D eigenvalue weighted by Crippen LogP contribution is -2.53. The molecule has 2 aromatic rings. The lowest BCUT2D eigenvalue weighted by atomic mass is 9.87. The van der Waals surface area contributed by atoms with Gasteiger partial charge in [0.2, 0.25) is 5.91 Å². The third-order valence-electron chi connectivity index (χ3n) is 7.25. The zero-order valence-corrected chi connectivity index (χ0v) is 23.4.